The number of carboxylic acid groups (broad SMARTS) is 2. The van der Waals surface area contributed by atoms with E-state index in [1.54, 1.807) is 0 Å². The number of ether oxygens (including phenoxy) is 2. The molecule has 0 saturated heterocycles. The van der Waals surface area contributed by atoms with E-state index < -0.39 is 56.9 Å². The second-order valence-electron chi connectivity index (χ2n) is 4.50. The van der Waals surface area contributed by atoms with Crippen LogP contribution in [-0.2, 0) is 9.59 Å². The maximum absolute atomic E-state index is 10.9. The van der Waals surface area contributed by atoms with Crippen LogP contribution in [0.2, 0.25) is 0 Å². The van der Waals surface area contributed by atoms with Crippen LogP contribution in [0.15, 0.2) is 12.1 Å². The molecule has 0 heterocycles. The van der Waals surface area contributed by atoms with Crippen LogP contribution in [0.25, 0.3) is 0 Å². The molecule has 1 rings (SSSR count). The molecule has 2 atom stereocenters. The first kappa shape index (κ1) is 18.6. The molecule has 1 aromatic carbocycles. The molecule has 12 nitrogen and oxygen atoms in total. The summed E-state index contributed by atoms with van der Waals surface area (Å²) in [7, 11) is 0. The number of hydrogen-bond donors (Lipinski definition) is 2. The van der Waals surface area contributed by atoms with Crippen LogP contribution in [0, 0.1) is 20.2 Å². The highest BCUT2D eigenvalue weighted by Crippen LogP contribution is 2.40. The van der Waals surface area contributed by atoms with Crippen molar-refractivity contribution in [2.45, 2.75) is 26.1 Å². The molecule has 0 aliphatic heterocycles. The first-order valence-electron chi connectivity index (χ1n) is 6.30. The molecular formula is C12H12N2O10. The fourth-order valence-electron chi connectivity index (χ4n) is 1.50. The number of nitro benzene ring substituents is 2. The quantitative estimate of drug-likeness (QED) is 0.514. The van der Waals surface area contributed by atoms with Gasteiger partial charge in [-0.25, -0.2) is 9.59 Å². The van der Waals surface area contributed by atoms with E-state index >= 15 is 0 Å². The van der Waals surface area contributed by atoms with E-state index in [2.05, 4.69) is 0 Å². The summed E-state index contributed by atoms with van der Waals surface area (Å²) in [6, 6.07) is 1.23. The first-order valence-corrected chi connectivity index (χ1v) is 6.30. The Morgan fingerprint density at radius 3 is 1.42 bits per heavy atom. The van der Waals surface area contributed by atoms with Gasteiger partial charge in [-0.05, 0) is 13.8 Å². The highest BCUT2D eigenvalue weighted by Gasteiger charge is 2.31. The first-order chi connectivity index (χ1) is 11.0. The van der Waals surface area contributed by atoms with E-state index in [1.807, 2.05) is 0 Å². The van der Waals surface area contributed by atoms with Crippen LogP contribution >= 0.6 is 0 Å². The van der Waals surface area contributed by atoms with Crippen LogP contribution in [-0.4, -0.2) is 44.2 Å². The lowest BCUT2D eigenvalue weighted by molar-refractivity contribution is -0.422. The smallest absolute Gasteiger partial charge is 0.350 e. The van der Waals surface area contributed by atoms with Gasteiger partial charge in [0.05, 0.1) is 22.0 Å². The van der Waals surface area contributed by atoms with Gasteiger partial charge < -0.3 is 19.7 Å². The van der Waals surface area contributed by atoms with Crippen molar-refractivity contribution in [3.8, 4) is 11.5 Å². The van der Waals surface area contributed by atoms with Crippen LogP contribution in [0.4, 0.5) is 11.4 Å². The summed E-state index contributed by atoms with van der Waals surface area (Å²) >= 11 is 0. The average molecular weight is 344 g/mol. The van der Waals surface area contributed by atoms with Crippen molar-refractivity contribution >= 4 is 23.3 Å². The highest BCUT2D eigenvalue weighted by atomic mass is 16.6. The predicted molar refractivity (Wildman–Crippen MR) is 75.2 cm³/mol. The lowest BCUT2D eigenvalue weighted by Crippen LogP contribution is -2.25. The molecular weight excluding hydrogens is 332 g/mol. The molecule has 24 heavy (non-hydrogen) atoms. The third-order valence-corrected chi connectivity index (χ3v) is 2.74. The van der Waals surface area contributed by atoms with Crippen LogP contribution in [0.5, 0.6) is 11.5 Å². The maximum Gasteiger partial charge on any atom is 0.350 e. The largest absolute Gasteiger partial charge is 0.479 e. The zero-order valence-corrected chi connectivity index (χ0v) is 12.4. The normalized spacial score (nSPS) is 12.8. The minimum absolute atomic E-state index is 0.504. The van der Waals surface area contributed by atoms with Crippen molar-refractivity contribution in [3.63, 3.8) is 0 Å². The molecule has 2 unspecified atom stereocenters. The summed E-state index contributed by atoms with van der Waals surface area (Å²) in [6.45, 7) is 2.22. The van der Waals surface area contributed by atoms with Gasteiger partial charge in [0.15, 0.2) is 23.7 Å². The zero-order valence-electron chi connectivity index (χ0n) is 12.4. The van der Waals surface area contributed by atoms with Gasteiger partial charge in [-0.15, -0.1) is 0 Å². The Labute approximate surface area is 133 Å². The molecule has 130 valence electrons. The summed E-state index contributed by atoms with van der Waals surface area (Å²) < 4.78 is 9.94. The van der Waals surface area contributed by atoms with Crippen molar-refractivity contribution < 1.29 is 39.1 Å². The Bertz CT molecular complexity index is 642. The number of benzene rings is 1. The van der Waals surface area contributed by atoms with Crippen LogP contribution < -0.4 is 9.47 Å². The monoisotopic (exact) mass is 344 g/mol. The molecule has 0 amide bonds. The Kier molecular flexibility index (Phi) is 5.59. The van der Waals surface area contributed by atoms with Gasteiger partial charge in [-0.1, -0.05) is 0 Å². The minimum Gasteiger partial charge on any atom is -0.479 e. The van der Waals surface area contributed by atoms with Crippen LogP contribution in [0.1, 0.15) is 13.8 Å². The van der Waals surface area contributed by atoms with Gasteiger partial charge in [-0.2, -0.15) is 0 Å². The molecule has 0 saturated carbocycles. The second kappa shape index (κ2) is 7.21. The van der Waals surface area contributed by atoms with Gasteiger partial charge >= 0.3 is 23.3 Å². The van der Waals surface area contributed by atoms with E-state index in [0.29, 0.717) is 12.1 Å². The lowest BCUT2D eigenvalue weighted by Gasteiger charge is -2.16. The standard InChI is InChI=1S/C12H12N2O10/c1-5(11(15)16)23-9-3-7(13(19)20)8(14(21)22)4-10(9)24-6(2)12(17)18/h3-6H,1-2H3,(H,15,16)(H,17,18). The van der Waals surface area contributed by atoms with Gasteiger partial charge in [-0.3, -0.25) is 20.2 Å². The fourth-order valence-corrected chi connectivity index (χ4v) is 1.50. The summed E-state index contributed by atoms with van der Waals surface area (Å²) in [5, 5.41) is 39.5. The number of rotatable bonds is 8. The second-order valence-corrected chi connectivity index (χ2v) is 4.50. The Morgan fingerprint density at radius 2 is 1.21 bits per heavy atom. The molecule has 2 N–H and O–H groups in total. The minimum atomic E-state index is -1.46. The lowest BCUT2D eigenvalue weighted by atomic mass is 10.2. The van der Waals surface area contributed by atoms with Crippen molar-refractivity contribution in [2.24, 2.45) is 0 Å². The Hall–Kier alpha value is -3.44. The van der Waals surface area contributed by atoms with Crippen molar-refractivity contribution in [1.29, 1.82) is 0 Å². The number of carboxylic acids is 2. The molecule has 0 bridgehead atoms. The number of nitrogens with zero attached hydrogens (tertiary/aromatic N) is 2. The summed E-state index contributed by atoms with van der Waals surface area (Å²) in [5.74, 6) is -3.83. The fraction of sp³-hybridized carbons (Fsp3) is 0.333. The molecule has 12 heteroatoms. The summed E-state index contributed by atoms with van der Waals surface area (Å²) in [4.78, 5) is 41.4. The molecule has 0 aromatic heterocycles. The topological polar surface area (TPSA) is 179 Å². The summed E-state index contributed by atoms with van der Waals surface area (Å²) in [5.41, 5.74) is -1.91. The van der Waals surface area contributed by atoms with Gasteiger partial charge in [0, 0.05) is 0 Å². The van der Waals surface area contributed by atoms with E-state index in [4.69, 9.17) is 19.7 Å². The van der Waals surface area contributed by atoms with E-state index in [0.717, 1.165) is 13.8 Å². The molecule has 0 spiro atoms. The predicted octanol–water partition coefficient (Wildman–Crippen LogP) is 1.21. The molecule has 0 aliphatic carbocycles. The van der Waals surface area contributed by atoms with Gasteiger partial charge in [0.2, 0.25) is 0 Å². The number of hydrogen-bond acceptors (Lipinski definition) is 8. The van der Waals surface area contributed by atoms with Gasteiger partial charge in [0.1, 0.15) is 0 Å². The molecule has 0 fully saturated rings. The third-order valence-electron chi connectivity index (χ3n) is 2.74. The molecule has 0 aliphatic rings. The van der Waals surface area contributed by atoms with Crippen molar-refractivity contribution in [2.75, 3.05) is 0 Å². The number of carbonyl (C=O) groups is 2. The number of aliphatic carboxylic acids is 2. The van der Waals surface area contributed by atoms with Crippen molar-refractivity contribution in [1.82, 2.24) is 0 Å². The highest BCUT2D eigenvalue weighted by molar-refractivity contribution is 5.74. The van der Waals surface area contributed by atoms with E-state index in [9.17, 15) is 29.8 Å². The summed E-state index contributed by atoms with van der Waals surface area (Å²) in [6.07, 6.45) is -2.93. The SMILES string of the molecule is CC(Oc1cc([N+](=O)[O-])c([N+](=O)[O-])cc1OC(C)C(=O)O)C(=O)O. The molecule has 0 radical (unpaired) electrons. The Morgan fingerprint density at radius 1 is 0.917 bits per heavy atom. The average Bonchev–Trinajstić information content (AvgIpc) is 2.47. The number of nitro groups is 2. The van der Waals surface area contributed by atoms with Crippen LogP contribution in [0.3, 0.4) is 0 Å². The third kappa shape index (κ3) is 4.28. The van der Waals surface area contributed by atoms with Gasteiger partial charge in [0.25, 0.3) is 0 Å². The van der Waals surface area contributed by atoms with Crippen molar-refractivity contribution in [3.05, 3.63) is 32.4 Å². The van der Waals surface area contributed by atoms with E-state index in [1.165, 1.54) is 0 Å². The van der Waals surface area contributed by atoms with E-state index in [-0.39, 0.29) is 0 Å². The Balaban J connectivity index is 3.47. The molecule has 1 aromatic rings. The zero-order chi connectivity index (χ0) is 18.6. The maximum atomic E-state index is 10.9.